The molecule has 4 aromatic carbocycles. The number of para-hydroxylation sites is 1. The number of nitrogens with one attached hydrogen (secondary N) is 1. The van der Waals surface area contributed by atoms with E-state index in [2.05, 4.69) is 25.4 Å². The monoisotopic (exact) mass is 1000 g/mol. The third-order valence-electron chi connectivity index (χ3n) is 9.23. The van der Waals surface area contributed by atoms with Crippen LogP contribution in [0.15, 0.2) is 107 Å². The van der Waals surface area contributed by atoms with Crippen LogP contribution in [0.1, 0.15) is 37.0 Å². The highest BCUT2D eigenvalue weighted by molar-refractivity contribution is 7.95. The second-order valence-electron chi connectivity index (χ2n) is 13.6. The van der Waals surface area contributed by atoms with Crippen LogP contribution in [0.2, 0.25) is 0 Å². The van der Waals surface area contributed by atoms with Gasteiger partial charge in [0.25, 0.3) is 5.91 Å². The maximum Gasteiger partial charge on any atom is 0.355 e. The summed E-state index contributed by atoms with van der Waals surface area (Å²) in [6.45, 7) is 2.31. The minimum atomic E-state index is -5.11. The van der Waals surface area contributed by atoms with Gasteiger partial charge >= 0.3 is 22.0 Å². The highest BCUT2D eigenvalue weighted by Gasteiger charge is 2.40. The van der Waals surface area contributed by atoms with E-state index < -0.39 is 67.0 Å². The number of benzene rings is 4. The van der Waals surface area contributed by atoms with Crippen molar-refractivity contribution in [1.82, 2.24) is 5.01 Å². The van der Waals surface area contributed by atoms with E-state index in [-0.39, 0.29) is 94.1 Å². The minimum Gasteiger partial charge on any atom is -0.505 e. The zero-order valence-corrected chi connectivity index (χ0v) is 38.3. The Labute approximate surface area is 393 Å². The predicted molar refractivity (Wildman–Crippen MR) is 250 cm³/mol. The van der Waals surface area contributed by atoms with Crippen LogP contribution in [0.25, 0.3) is 10.8 Å². The molecule has 0 aromatic heterocycles. The lowest BCUT2D eigenvalue weighted by Gasteiger charge is -2.17. The smallest absolute Gasteiger partial charge is 0.355 e. The molecule has 0 fully saturated rings. The number of hydrogen-bond acceptors (Lipinski definition) is 21. The van der Waals surface area contributed by atoms with Gasteiger partial charge < -0.3 is 56.8 Å². The molecule has 0 spiro atoms. The number of nitrogen functional groups attached to an aromatic ring is 3. The number of carboxylic acid groups (broad SMARTS) is 2. The van der Waals surface area contributed by atoms with Crippen LogP contribution in [0.3, 0.4) is 0 Å². The number of phenolic OH excluding ortho intramolecular Hbond substituents is 1. The van der Waals surface area contributed by atoms with Crippen LogP contribution in [-0.4, -0.2) is 110 Å². The molecule has 1 amide bonds. The van der Waals surface area contributed by atoms with Gasteiger partial charge in [-0.1, -0.05) is 32.1 Å². The molecular weight excluding hydrogens is 959 g/mol. The van der Waals surface area contributed by atoms with E-state index in [1.807, 2.05) is 0 Å². The third kappa shape index (κ3) is 13.2. The molecule has 2 atom stereocenters. The first-order valence-corrected chi connectivity index (χ1v) is 22.9. The number of nitroso groups, excluding NO2 is 1. The third-order valence-corrected chi connectivity index (χ3v) is 11.9. The van der Waals surface area contributed by atoms with Gasteiger partial charge in [0.2, 0.25) is 6.04 Å². The number of carbonyl (C=O) groups excluding carboxylic acids is 1. The highest BCUT2D eigenvalue weighted by atomic mass is 32.2. The van der Waals surface area contributed by atoms with Crippen molar-refractivity contribution in [2.24, 2.45) is 19.9 Å². The summed E-state index contributed by atoms with van der Waals surface area (Å²) in [7, 11) is -5.11. The van der Waals surface area contributed by atoms with Crippen molar-refractivity contribution in [3.8, 4) is 17.2 Å². The van der Waals surface area contributed by atoms with Gasteiger partial charge in [0.1, 0.15) is 46.7 Å². The van der Waals surface area contributed by atoms with Crippen LogP contribution in [0, 0.1) is 4.91 Å². The first kappa shape index (κ1) is 53.4. The van der Waals surface area contributed by atoms with Crippen LogP contribution in [0.5, 0.6) is 17.2 Å². The highest BCUT2D eigenvalue weighted by Crippen LogP contribution is 2.45. The first-order valence-electron chi connectivity index (χ1n) is 19.6. The molecule has 13 N–H and O–H groups in total. The lowest BCUT2D eigenvalue weighted by molar-refractivity contribution is -0.131. The van der Waals surface area contributed by atoms with Crippen molar-refractivity contribution in [3.63, 3.8) is 0 Å². The normalized spacial score (nSPS) is 14.6. The standard InChI is InChI=1S/C33H38N8O14S3.C7H7NO2/c1-3-17(5-6-18(4-2)57(49)50)16-41-32(45)28(29(38-41)33(46)47)37-36-22-8-7-19-20(31(22)58(51,52)40-48)13-26(27(35)30(19)44)56-55-39-23-15-24(53-11-9-42)21(34)14-25(23)54-12-10-43;8-6-4-2-1-3-5(6)7(9)10/h5-8,13-15,28,39,42-44H,3-4,9-12,16,34-35H2,1-2H3,(H,46,47)(H,49,50);1-4H,8H2,(H,9,10)/b17-5+,18-6+,37-36?;. The molecule has 1 aliphatic rings. The number of aromatic carboxylic acids is 1. The summed E-state index contributed by atoms with van der Waals surface area (Å²) in [5, 5.41) is 59.6. The number of aliphatic carboxylic acids is 1. The summed E-state index contributed by atoms with van der Waals surface area (Å²) in [4.78, 5) is 46.8. The van der Waals surface area contributed by atoms with Crippen molar-refractivity contribution in [2.75, 3.05) is 55.7 Å². The Bertz CT molecular complexity index is 2820. The van der Waals surface area contributed by atoms with Gasteiger partial charge in [-0.15, -0.1) is 4.91 Å². The number of aromatic hydroxyl groups is 1. The zero-order valence-electron chi connectivity index (χ0n) is 35.8. The van der Waals surface area contributed by atoms with Gasteiger partial charge in [-0.25, -0.2) is 24.3 Å². The summed E-state index contributed by atoms with van der Waals surface area (Å²) in [6, 6.07) is 10.6. The lowest BCUT2D eigenvalue weighted by Crippen LogP contribution is -2.33. The summed E-state index contributed by atoms with van der Waals surface area (Å²) in [5.74, 6) is -3.96. The topological polar surface area (TPSA) is 411 Å². The summed E-state index contributed by atoms with van der Waals surface area (Å²) >= 11 is -1.75. The quantitative estimate of drug-likeness (QED) is 0.00756. The van der Waals surface area contributed by atoms with E-state index in [1.54, 1.807) is 32.0 Å². The number of aliphatic hydroxyl groups is 2. The van der Waals surface area contributed by atoms with Crippen molar-refractivity contribution in [3.05, 3.63) is 87.7 Å². The van der Waals surface area contributed by atoms with E-state index in [0.29, 0.717) is 29.7 Å². The van der Waals surface area contributed by atoms with Crippen LogP contribution < -0.4 is 32.2 Å². The average molecular weight is 1000 g/mol. The number of aliphatic hydroxyl groups excluding tert-OH is 2. The second-order valence-corrected chi connectivity index (χ2v) is 16.9. The Balaban J connectivity index is 0.000000891. The molecule has 364 valence electrons. The molecule has 0 radical (unpaired) electrons. The van der Waals surface area contributed by atoms with Crippen molar-refractivity contribution < 1.29 is 70.9 Å². The van der Waals surface area contributed by atoms with E-state index in [1.165, 1.54) is 36.4 Å². The van der Waals surface area contributed by atoms with Crippen LogP contribution in [-0.2, 0) is 35.0 Å². The molecule has 1 aliphatic heterocycles. The largest absolute Gasteiger partial charge is 0.505 e. The molecule has 0 bridgehead atoms. The number of sulfonamides is 1. The zero-order chi connectivity index (χ0) is 50.3. The van der Waals surface area contributed by atoms with Gasteiger partial charge in [-0.3, -0.25) is 4.79 Å². The van der Waals surface area contributed by atoms with Crippen LogP contribution >= 0.6 is 12.0 Å². The number of azo groups is 1. The SMILES string of the molecule is CC/C(=C\C=C(/CC)S(=O)O)CN1N=C(C(=O)O)C(N=Nc2ccc3c(O)c(N)c(SONc4cc(OCCO)c(N)cc4OCCO)cc3c2S(=O)(=O)N=O)C1=O.Nc1ccccc1C(=O)O. The molecule has 0 saturated carbocycles. The van der Waals surface area contributed by atoms with Crippen molar-refractivity contribution >= 4 is 95.9 Å². The predicted octanol–water partition coefficient (Wildman–Crippen LogP) is 4.51. The molecular formula is C40H45N9O16S3. The van der Waals surface area contributed by atoms with Crippen LogP contribution in [0.4, 0.5) is 28.4 Å². The fourth-order valence-electron chi connectivity index (χ4n) is 5.85. The minimum absolute atomic E-state index is 0.0945. The number of fused-ring (bicyclic) bond motifs is 1. The number of hydrogen-bond donors (Lipinski definition) is 10. The number of nitrogens with two attached hydrogens (primary N) is 3. The van der Waals surface area contributed by atoms with E-state index in [4.69, 9.17) is 41.2 Å². The van der Waals surface area contributed by atoms with Gasteiger partial charge in [0, 0.05) is 33.5 Å². The second kappa shape index (κ2) is 24.5. The fraction of sp³-hybridized carbons (Fsp3) is 0.250. The molecule has 1 heterocycles. The van der Waals surface area contributed by atoms with Crippen molar-refractivity contribution in [2.45, 2.75) is 42.5 Å². The van der Waals surface area contributed by atoms with E-state index in [0.717, 1.165) is 17.1 Å². The van der Waals surface area contributed by atoms with E-state index >= 15 is 0 Å². The first-order chi connectivity index (χ1) is 32.3. The Morgan fingerprint density at radius 1 is 0.941 bits per heavy atom. The number of amides is 1. The molecule has 4 aromatic rings. The lowest BCUT2D eigenvalue weighted by atomic mass is 10.1. The fourth-order valence-corrected chi connectivity index (χ4v) is 7.75. The number of phenols is 1. The number of nitrogens with zero attached hydrogens (tertiary/aromatic N) is 5. The Morgan fingerprint density at radius 2 is 1.62 bits per heavy atom. The number of ether oxygens (including phenoxy) is 2. The summed E-state index contributed by atoms with van der Waals surface area (Å²) in [5.41, 5.74) is 19.7. The Hall–Kier alpha value is -7.21. The number of rotatable bonds is 22. The van der Waals surface area contributed by atoms with Crippen molar-refractivity contribution in [1.29, 1.82) is 0 Å². The molecule has 25 nitrogen and oxygen atoms in total. The Kier molecular flexibility index (Phi) is 19.3. The maximum absolute atomic E-state index is 13.4. The number of carbonyl (C=O) groups is 3. The van der Waals surface area contributed by atoms with Gasteiger partial charge in [-0.05, 0) is 54.8 Å². The molecule has 28 heteroatoms. The molecule has 2 unspecified atom stereocenters. The number of carboxylic acids is 2. The molecule has 68 heavy (non-hydrogen) atoms. The van der Waals surface area contributed by atoms with Gasteiger partial charge in [0.15, 0.2) is 16.8 Å². The number of hydrazone groups is 1. The molecule has 5 rings (SSSR count). The molecule has 0 saturated heterocycles. The molecule has 0 aliphatic carbocycles. The van der Waals surface area contributed by atoms with E-state index in [9.17, 15) is 51.8 Å². The van der Waals surface area contributed by atoms with Gasteiger partial charge in [0.05, 0.1) is 58.2 Å². The Morgan fingerprint density at radius 3 is 2.19 bits per heavy atom. The summed E-state index contributed by atoms with van der Waals surface area (Å²) < 4.78 is 65.9. The number of allylic oxidation sites excluding steroid dienone is 3. The maximum atomic E-state index is 13.4. The summed E-state index contributed by atoms with van der Waals surface area (Å²) in [6.07, 6.45) is 3.53. The number of anilines is 4. The average Bonchev–Trinajstić information content (AvgIpc) is 3.62. The van der Waals surface area contributed by atoms with Gasteiger partial charge in [-0.2, -0.15) is 28.0 Å².